The topological polar surface area (TPSA) is 82.5 Å². The quantitative estimate of drug-likeness (QED) is 0.852. The van der Waals surface area contributed by atoms with Crippen LogP contribution >= 0.6 is 11.3 Å². The van der Waals surface area contributed by atoms with Crippen LogP contribution in [-0.2, 0) is 9.59 Å². The Bertz CT molecular complexity index is 475. The van der Waals surface area contributed by atoms with Crippen molar-refractivity contribution >= 4 is 28.3 Å². The lowest BCUT2D eigenvalue weighted by atomic mass is 10.1. The molecule has 2 rings (SSSR count). The Morgan fingerprint density at radius 2 is 2.42 bits per heavy atom. The van der Waals surface area contributed by atoms with Crippen LogP contribution in [0.2, 0.25) is 0 Å². The Hall–Kier alpha value is -1.47. The van der Waals surface area contributed by atoms with Gasteiger partial charge in [-0.25, -0.2) is 4.98 Å². The number of rotatable bonds is 5. The van der Waals surface area contributed by atoms with Crippen LogP contribution in [0.15, 0.2) is 5.38 Å². The molecule has 2 N–H and O–H groups in total. The van der Waals surface area contributed by atoms with Crippen molar-refractivity contribution in [2.75, 3.05) is 18.4 Å². The summed E-state index contributed by atoms with van der Waals surface area (Å²) < 4.78 is 0. The average molecular weight is 283 g/mol. The van der Waals surface area contributed by atoms with Gasteiger partial charge in [0.15, 0.2) is 5.13 Å². The van der Waals surface area contributed by atoms with Gasteiger partial charge in [-0.05, 0) is 26.3 Å². The maximum Gasteiger partial charge on any atom is 0.304 e. The first kappa shape index (κ1) is 14.0. The number of thiazole rings is 1. The summed E-state index contributed by atoms with van der Waals surface area (Å²) in [6, 6.07) is -0.0266. The summed E-state index contributed by atoms with van der Waals surface area (Å²) in [6.07, 6.45) is 1.89. The van der Waals surface area contributed by atoms with Crippen molar-refractivity contribution in [2.24, 2.45) is 0 Å². The molecule has 1 aliphatic rings. The number of aryl methyl sites for hydroxylation is 1. The van der Waals surface area contributed by atoms with Crippen molar-refractivity contribution in [3.05, 3.63) is 11.1 Å². The molecule has 0 aromatic carbocycles. The summed E-state index contributed by atoms with van der Waals surface area (Å²) in [6.45, 7) is 2.88. The zero-order chi connectivity index (χ0) is 13.8. The Labute approximate surface area is 115 Å². The highest BCUT2D eigenvalue weighted by atomic mass is 32.1. The molecule has 1 amide bonds. The summed E-state index contributed by atoms with van der Waals surface area (Å²) >= 11 is 1.39. The van der Waals surface area contributed by atoms with E-state index in [4.69, 9.17) is 5.11 Å². The van der Waals surface area contributed by atoms with E-state index < -0.39 is 5.97 Å². The fourth-order valence-corrected chi connectivity index (χ4v) is 3.00. The Balaban J connectivity index is 1.85. The molecule has 1 aromatic heterocycles. The molecule has 1 aliphatic heterocycles. The number of amides is 1. The molecule has 2 heterocycles. The smallest absolute Gasteiger partial charge is 0.304 e. The van der Waals surface area contributed by atoms with Gasteiger partial charge in [-0.1, -0.05) is 0 Å². The van der Waals surface area contributed by atoms with Gasteiger partial charge in [-0.3, -0.25) is 14.5 Å². The van der Waals surface area contributed by atoms with E-state index in [0.29, 0.717) is 5.13 Å². The fourth-order valence-electron chi connectivity index (χ4n) is 2.29. The highest BCUT2D eigenvalue weighted by Gasteiger charge is 2.28. The number of carboxylic acids is 1. The molecule has 1 fully saturated rings. The zero-order valence-corrected chi connectivity index (χ0v) is 11.6. The molecule has 1 atom stereocenters. The van der Waals surface area contributed by atoms with Gasteiger partial charge in [-0.2, -0.15) is 0 Å². The number of aliphatic carboxylic acids is 1. The maximum absolute atomic E-state index is 11.9. The number of hydrogen-bond donors (Lipinski definition) is 2. The van der Waals surface area contributed by atoms with E-state index in [0.717, 1.165) is 25.1 Å². The molecule has 0 saturated carbocycles. The van der Waals surface area contributed by atoms with Gasteiger partial charge < -0.3 is 10.4 Å². The molecule has 7 heteroatoms. The number of hydrogen-bond acceptors (Lipinski definition) is 5. The molecule has 0 aliphatic carbocycles. The van der Waals surface area contributed by atoms with Gasteiger partial charge in [0.2, 0.25) is 5.91 Å². The lowest BCUT2D eigenvalue weighted by Gasteiger charge is -2.21. The SMILES string of the molecule is Cc1csc(NC(=O)CN2CCCC2CC(=O)O)n1. The molecule has 6 nitrogen and oxygen atoms in total. The van der Waals surface area contributed by atoms with Crippen LogP contribution in [0.4, 0.5) is 5.13 Å². The fraction of sp³-hybridized carbons (Fsp3) is 0.583. The minimum atomic E-state index is -0.812. The van der Waals surface area contributed by atoms with E-state index in [1.165, 1.54) is 11.3 Å². The monoisotopic (exact) mass is 283 g/mol. The first-order valence-electron chi connectivity index (χ1n) is 6.22. The van der Waals surface area contributed by atoms with Crippen LogP contribution in [-0.4, -0.2) is 46.0 Å². The third-order valence-corrected chi connectivity index (χ3v) is 4.00. The van der Waals surface area contributed by atoms with E-state index >= 15 is 0 Å². The lowest BCUT2D eigenvalue weighted by Crippen LogP contribution is -2.37. The van der Waals surface area contributed by atoms with Crippen molar-refractivity contribution in [3.63, 3.8) is 0 Å². The highest BCUT2D eigenvalue weighted by Crippen LogP contribution is 2.20. The minimum absolute atomic E-state index is 0.0266. The molecule has 0 radical (unpaired) electrons. The molecular weight excluding hydrogens is 266 g/mol. The number of aromatic nitrogens is 1. The largest absolute Gasteiger partial charge is 0.481 e. The van der Waals surface area contributed by atoms with Crippen molar-refractivity contribution in [1.29, 1.82) is 0 Å². The summed E-state index contributed by atoms with van der Waals surface area (Å²) in [5, 5.41) is 14.0. The molecule has 1 saturated heterocycles. The predicted molar refractivity (Wildman–Crippen MR) is 72.3 cm³/mol. The molecule has 0 bridgehead atoms. The second-order valence-corrected chi connectivity index (χ2v) is 5.56. The first-order chi connectivity index (χ1) is 9.04. The Morgan fingerprint density at radius 3 is 3.05 bits per heavy atom. The van der Waals surface area contributed by atoms with E-state index in [1.807, 2.05) is 17.2 Å². The van der Waals surface area contributed by atoms with Crippen LogP contribution < -0.4 is 5.32 Å². The highest BCUT2D eigenvalue weighted by molar-refractivity contribution is 7.13. The van der Waals surface area contributed by atoms with E-state index in [-0.39, 0.29) is 24.9 Å². The number of nitrogens with zero attached hydrogens (tertiary/aromatic N) is 2. The van der Waals surface area contributed by atoms with Crippen molar-refractivity contribution < 1.29 is 14.7 Å². The van der Waals surface area contributed by atoms with Gasteiger partial charge >= 0.3 is 5.97 Å². The molecule has 0 spiro atoms. The third kappa shape index (κ3) is 4.00. The minimum Gasteiger partial charge on any atom is -0.481 e. The number of anilines is 1. The number of carbonyl (C=O) groups excluding carboxylic acids is 1. The number of carbonyl (C=O) groups is 2. The van der Waals surface area contributed by atoms with Gasteiger partial charge in [-0.15, -0.1) is 11.3 Å². The zero-order valence-electron chi connectivity index (χ0n) is 10.8. The normalized spacial score (nSPS) is 19.5. The van der Waals surface area contributed by atoms with Crippen LogP contribution in [0.3, 0.4) is 0 Å². The van der Waals surface area contributed by atoms with E-state index in [1.54, 1.807) is 0 Å². The molecule has 19 heavy (non-hydrogen) atoms. The van der Waals surface area contributed by atoms with Crippen molar-refractivity contribution in [2.45, 2.75) is 32.2 Å². The summed E-state index contributed by atoms with van der Waals surface area (Å²) in [7, 11) is 0. The lowest BCUT2D eigenvalue weighted by molar-refractivity contribution is -0.138. The van der Waals surface area contributed by atoms with Crippen LogP contribution in [0.25, 0.3) is 0 Å². The van der Waals surface area contributed by atoms with Gasteiger partial charge in [0.1, 0.15) is 0 Å². The Kier molecular flexibility index (Phi) is 4.49. The van der Waals surface area contributed by atoms with E-state index in [2.05, 4.69) is 10.3 Å². The van der Waals surface area contributed by atoms with Crippen LogP contribution in [0, 0.1) is 6.92 Å². The first-order valence-corrected chi connectivity index (χ1v) is 7.10. The van der Waals surface area contributed by atoms with Crippen LogP contribution in [0.1, 0.15) is 25.0 Å². The number of carboxylic acid groups (broad SMARTS) is 1. The predicted octanol–water partition coefficient (Wildman–Crippen LogP) is 1.33. The van der Waals surface area contributed by atoms with Crippen LogP contribution in [0.5, 0.6) is 0 Å². The molecule has 1 unspecified atom stereocenters. The van der Waals surface area contributed by atoms with Gasteiger partial charge in [0.05, 0.1) is 18.7 Å². The Morgan fingerprint density at radius 1 is 1.63 bits per heavy atom. The average Bonchev–Trinajstić information content (AvgIpc) is 2.88. The summed E-state index contributed by atoms with van der Waals surface area (Å²) in [4.78, 5) is 28.7. The number of nitrogens with one attached hydrogen (secondary N) is 1. The number of likely N-dealkylation sites (tertiary alicyclic amines) is 1. The van der Waals surface area contributed by atoms with Crippen molar-refractivity contribution in [1.82, 2.24) is 9.88 Å². The standard InChI is InChI=1S/C12H17N3O3S/c1-8-7-19-12(13-8)14-10(16)6-15-4-2-3-9(15)5-11(17)18/h7,9H,2-6H2,1H3,(H,17,18)(H,13,14,16). The second kappa shape index (κ2) is 6.12. The summed E-state index contributed by atoms with van der Waals surface area (Å²) in [5.74, 6) is -0.945. The van der Waals surface area contributed by atoms with Crippen molar-refractivity contribution in [3.8, 4) is 0 Å². The second-order valence-electron chi connectivity index (χ2n) is 4.71. The maximum atomic E-state index is 11.9. The van der Waals surface area contributed by atoms with Gasteiger partial charge in [0.25, 0.3) is 0 Å². The molecule has 104 valence electrons. The van der Waals surface area contributed by atoms with Gasteiger partial charge in [0, 0.05) is 11.4 Å². The molecular formula is C12H17N3O3S. The van der Waals surface area contributed by atoms with E-state index in [9.17, 15) is 9.59 Å². The summed E-state index contributed by atoms with van der Waals surface area (Å²) in [5.41, 5.74) is 0.880. The third-order valence-electron chi connectivity index (χ3n) is 3.12. The molecule has 1 aromatic rings.